The maximum Gasteiger partial charge on any atom is 0.251 e. The average Bonchev–Trinajstić information content (AvgIpc) is 2.34. The predicted octanol–water partition coefficient (Wildman–Crippen LogP) is 2.08. The first-order valence-corrected chi connectivity index (χ1v) is 8.21. The van der Waals surface area contributed by atoms with Crippen molar-refractivity contribution in [1.82, 2.24) is 5.32 Å². The molecule has 0 spiro atoms. The second-order valence-electron chi connectivity index (χ2n) is 3.72. The third kappa shape index (κ3) is 5.46. The largest absolute Gasteiger partial charge is 0.352 e. The van der Waals surface area contributed by atoms with E-state index in [0.717, 1.165) is 17.3 Å². The molecule has 0 aliphatic heterocycles. The summed E-state index contributed by atoms with van der Waals surface area (Å²) in [7, 11) is -0.786. The number of halogens is 1. The Balaban J connectivity index is 2.38. The summed E-state index contributed by atoms with van der Waals surface area (Å²) in [5, 5.41) is 3.60. The van der Waals surface area contributed by atoms with Crippen molar-refractivity contribution in [2.75, 3.05) is 18.6 Å². The maximum absolute atomic E-state index is 11.7. The van der Waals surface area contributed by atoms with E-state index in [1.165, 1.54) is 0 Å². The van der Waals surface area contributed by atoms with Crippen LogP contribution in [0.3, 0.4) is 0 Å². The molecule has 3 nitrogen and oxygen atoms in total. The number of benzene rings is 1. The van der Waals surface area contributed by atoms with E-state index in [2.05, 4.69) is 21.2 Å². The van der Waals surface area contributed by atoms with Crippen LogP contribution in [0.25, 0.3) is 0 Å². The number of alkyl halides is 1. The summed E-state index contributed by atoms with van der Waals surface area (Å²) in [5.41, 5.74) is 1.80. The molecular weight excluding hydrogens is 302 g/mol. The summed E-state index contributed by atoms with van der Waals surface area (Å²) in [6, 6.07) is 7.46. The first kappa shape index (κ1) is 14.4. The number of nitrogens with one attached hydrogen (secondary N) is 1. The van der Waals surface area contributed by atoms with Gasteiger partial charge < -0.3 is 5.32 Å². The van der Waals surface area contributed by atoms with Crippen molar-refractivity contribution >= 4 is 32.6 Å². The van der Waals surface area contributed by atoms with Crippen LogP contribution in [0.4, 0.5) is 0 Å². The van der Waals surface area contributed by atoms with Crippen molar-refractivity contribution in [2.45, 2.75) is 11.8 Å². The van der Waals surface area contributed by atoms with Gasteiger partial charge in [-0.3, -0.25) is 9.00 Å². The normalized spacial score (nSPS) is 12.1. The maximum atomic E-state index is 11.7. The van der Waals surface area contributed by atoms with E-state index >= 15 is 0 Å². The van der Waals surface area contributed by atoms with Crippen LogP contribution in [-0.2, 0) is 16.1 Å². The van der Waals surface area contributed by atoms with E-state index < -0.39 is 10.8 Å². The van der Waals surface area contributed by atoms with E-state index in [4.69, 9.17) is 0 Å². The Hall–Kier alpha value is -0.680. The Labute approximate surface area is 113 Å². The summed E-state index contributed by atoms with van der Waals surface area (Å²) in [4.78, 5) is 11.7. The summed E-state index contributed by atoms with van der Waals surface area (Å²) in [6.45, 7) is 0.568. The highest BCUT2D eigenvalue weighted by atomic mass is 79.9. The molecule has 0 heterocycles. The fourth-order valence-electron chi connectivity index (χ4n) is 1.32. The molecule has 1 amide bonds. The molecule has 5 heteroatoms. The highest BCUT2D eigenvalue weighted by Crippen LogP contribution is 2.07. The highest BCUT2D eigenvalue weighted by Gasteiger charge is 2.04. The molecule has 1 aromatic carbocycles. The van der Waals surface area contributed by atoms with Crippen LogP contribution in [-0.4, -0.2) is 28.7 Å². The van der Waals surface area contributed by atoms with Gasteiger partial charge in [-0.25, -0.2) is 0 Å². The molecule has 1 aromatic rings. The van der Waals surface area contributed by atoms with Gasteiger partial charge in [0.1, 0.15) is 0 Å². The molecule has 0 aromatic heterocycles. The van der Waals surface area contributed by atoms with Gasteiger partial charge in [-0.1, -0.05) is 28.1 Å². The van der Waals surface area contributed by atoms with Crippen LogP contribution in [0.5, 0.6) is 0 Å². The van der Waals surface area contributed by atoms with Crippen LogP contribution in [0, 0.1) is 0 Å². The summed E-state index contributed by atoms with van der Waals surface area (Å²) in [6.07, 6.45) is 2.41. The first-order valence-electron chi connectivity index (χ1n) is 5.36. The smallest absolute Gasteiger partial charge is 0.251 e. The lowest BCUT2D eigenvalue weighted by Gasteiger charge is -2.05. The molecule has 1 atom stereocenters. The lowest BCUT2D eigenvalue weighted by molar-refractivity contribution is 0.0954. The van der Waals surface area contributed by atoms with Crippen LogP contribution >= 0.6 is 15.9 Å². The SMILES string of the molecule is CS(=O)CCCNC(=O)c1ccc(CBr)cc1. The van der Waals surface area contributed by atoms with Gasteiger partial charge in [0, 0.05) is 40.2 Å². The molecule has 0 aliphatic rings. The van der Waals surface area contributed by atoms with E-state index in [-0.39, 0.29) is 5.91 Å². The predicted molar refractivity (Wildman–Crippen MR) is 75.0 cm³/mol. The first-order chi connectivity index (χ1) is 8.13. The van der Waals surface area contributed by atoms with E-state index in [0.29, 0.717) is 17.9 Å². The van der Waals surface area contributed by atoms with Crippen LogP contribution < -0.4 is 5.32 Å². The number of rotatable bonds is 6. The molecule has 1 unspecified atom stereocenters. The molecular formula is C12H16BrNO2S. The van der Waals surface area contributed by atoms with Crippen LogP contribution in [0.2, 0.25) is 0 Å². The van der Waals surface area contributed by atoms with Crippen molar-refractivity contribution in [3.05, 3.63) is 35.4 Å². The fourth-order valence-corrected chi connectivity index (χ4v) is 2.25. The molecule has 0 saturated carbocycles. The average molecular weight is 318 g/mol. The Morgan fingerprint density at radius 1 is 1.35 bits per heavy atom. The zero-order valence-corrected chi connectivity index (χ0v) is 12.1. The number of carbonyl (C=O) groups is 1. The molecule has 1 N–H and O–H groups in total. The van der Waals surface area contributed by atoms with Gasteiger partial charge in [-0.2, -0.15) is 0 Å². The van der Waals surface area contributed by atoms with Crippen molar-refractivity contribution in [1.29, 1.82) is 0 Å². The van der Waals surface area contributed by atoms with Crippen LogP contribution in [0.15, 0.2) is 24.3 Å². The second kappa shape index (κ2) is 7.61. The van der Waals surface area contributed by atoms with Gasteiger partial charge in [-0.15, -0.1) is 0 Å². The number of carbonyl (C=O) groups excluding carboxylic acids is 1. The van der Waals surface area contributed by atoms with Crippen molar-refractivity contribution in [3.8, 4) is 0 Å². The van der Waals surface area contributed by atoms with E-state index in [1.54, 1.807) is 6.26 Å². The summed E-state index contributed by atoms with van der Waals surface area (Å²) >= 11 is 3.35. The van der Waals surface area contributed by atoms with Gasteiger partial charge in [0.25, 0.3) is 5.91 Å². The topological polar surface area (TPSA) is 46.2 Å². The monoisotopic (exact) mass is 317 g/mol. The fraction of sp³-hybridized carbons (Fsp3) is 0.417. The quantitative estimate of drug-likeness (QED) is 0.645. The van der Waals surface area contributed by atoms with Crippen molar-refractivity contribution in [3.63, 3.8) is 0 Å². The zero-order chi connectivity index (χ0) is 12.7. The Morgan fingerprint density at radius 3 is 2.53 bits per heavy atom. The molecule has 0 saturated heterocycles. The van der Waals surface area contributed by atoms with Crippen LogP contribution in [0.1, 0.15) is 22.3 Å². The summed E-state index contributed by atoms with van der Waals surface area (Å²) in [5.74, 6) is 0.552. The Kier molecular flexibility index (Phi) is 6.44. The summed E-state index contributed by atoms with van der Waals surface area (Å²) < 4.78 is 10.8. The Bertz CT molecular complexity index is 392. The molecule has 0 fully saturated rings. The standard InChI is InChI=1S/C12H16BrNO2S/c1-17(16)8-2-7-14-12(15)11-5-3-10(9-13)4-6-11/h3-6H,2,7-9H2,1H3,(H,14,15). The van der Waals surface area contributed by atoms with Gasteiger partial charge in [-0.05, 0) is 24.1 Å². The molecule has 17 heavy (non-hydrogen) atoms. The van der Waals surface area contributed by atoms with Gasteiger partial charge in [0.2, 0.25) is 0 Å². The van der Waals surface area contributed by atoms with Gasteiger partial charge in [0.15, 0.2) is 0 Å². The van der Waals surface area contributed by atoms with Gasteiger partial charge in [0.05, 0.1) is 0 Å². The van der Waals surface area contributed by atoms with E-state index in [1.807, 2.05) is 24.3 Å². The lowest BCUT2D eigenvalue weighted by Crippen LogP contribution is -2.25. The molecule has 0 bridgehead atoms. The third-order valence-electron chi connectivity index (χ3n) is 2.26. The van der Waals surface area contributed by atoms with E-state index in [9.17, 15) is 9.00 Å². The molecule has 0 aliphatic carbocycles. The third-order valence-corrected chi connectivity index (χ3v) is 3.78. The number of hydrogen-bond donors (Lipinski definition) is 1. The minimum absolute atomic E-state index is 0.0759. The second-order valence-corrected chi connectivity index (χ2v) is 5.83. The van der Waals surface area contributed by atoms with Gasteiger partial charge >= 0.3 is 0 Å². The highest BCUT2D eigenvalue weighted by molar-refractivity contribution is 9.08. The molecule has 1 rings (SSSR count). The molecule has 0 radical (unpaired) electrons. The minimum Gasteiger partial charge on any atom is -0.352 e. The van der Waals surface area contributed by atoms with Crippen molar-refractivity contribution in [2.24, 2.45) is 0 Å². The zero-order valence-electron chi connectivity index (χ0n) is 9.74. The number of amides is 1. The Morgan fingerprint density at radius 2 is 2.00 bits per heavy atom. The lowest BCUT2D eigenvalue weighted by atomic mass is 10.1. The van der Waals surface area contributed by atoms with Crippen molar-refractivity contribution < 1.29 is 9.00 Å². The minimum atomic E-state index is -0.786. The number of hydrogen-bond acceptors (Lipinski definition) is 2. The molecule has 94 valence electrons.